The molecule has 0 radical (unpaired) electrons. The molecule has 2 aromatic rings. The van der Waals surface area contributed by atoms with Crippen molar-refractivity contribution >= 4 is 29.9 Å². The summed E-state index contributed by atoms with van der Waals surface area (Å²) >= 11 is 0. The molecule has 7 nitrogen and oxygen atoms in total. The molecule has 0 heterocycles. The van der Waals surface area contributed by atoms with Crippen LogP contribution in [0.15, 0.2) is 53.5 Å². The van der Waals surface area contributed by atoms with Gasteiger partial charge in [0.25, 0.3) is 0 Å². The lowest BCUT2D eigenvalue weighted by Crippen LogP contribution is -2.38. The number of halogens is 1. The fourth-order valence-electron chi connectivity index (χ4n) is 2.91. The third-order valence-corrected chi connectivity index (χ3v) is 4.76. The van der Waals surface area contributed by atoms with Crippen LogP contribution in [0.4, 0.5) is 0 Å². The molecule has 2 aromatic carbocycles. The predicted octanol–water partition coefficient (Wildman–Crippen LogP) is 3.92. The average molecular weight is 571 g/mol. The van der Waals surface area contributed by atoms with Gasteiger partial charge in [0.2, 0.25) is 0 Å². The lowest BCUT2D eigenvalue weighted by Gasteiger charge is -2.16. The first-order chi connectivity index (χ1) is 15.6. The normalized spacial score (nSPS) is 11.1. The highest BCUT2D eigenvalue weighted by molar-refractivity contribution is 14.0. The maximum Gasteiger partial charge on any atom is 0.191 e. The van der Waals surface area contributed by atoms with Crippen LogP contribution in [0.2, 0.25) is 0 Å². The first kappa shape index (κ1) is 29.0. The fourth-order valence-corrected chi connectivity index (χ4v) is 2.91. The molecule has 0 saturated heterocycles. The SMILES string of the molecule is CCOCCCNC(=NCc1ccc(OC)cc1)NCc1ccccc1OCCN(C)C.I. The van der Waals surface area contributed by atoms with Crippen LogP contribution in [-0.4, -0.2) is 65.0 Å². The Morgan fingerprint density at radius 3 is 2.45 bits per heavy atom. The number of hydrogen-bond donors (Lipinski definition) is 2. The zero-order valence-electron chi connectivity index (χ0n) is 20.3. The lowest BCUT2D eigenvalue weighted by atomic mass is 10.2. The maximum atomic E-state index is 5.99. The molecule has 0 aliphatic carbocycles. The monoisotopic (exact) mass is 570 g/mol. The van der Waals surface area contributed by atoms with Gasteiger partial charge in [-0.1, -0.05) is 30.3 Å². The first-order valence-electron chi connectivity index (χ1n) is 11.2. The molecule has 0 saturated carbocycles. The van der Waals surface area contributed by atoms with Crippen LogP contribution < -0.4 is 20.1 Å². The molecule has 0 aromatic heterocycles. The van der Waals surface area contributed by atoms with Crippen molar-refractivity contribution in [1.29, 1.82) is 0 Å². The van der Waals surface area contributed by atoms with Gasteiger partial charge in [0.1, 0.15) is 18.1 Å². The quantitative estimate of drug-likeness (QED) is 0.156. The Morgan fingerprint density at radius 1 is 1.00 bits per heavy atom. The van der Waals surface area contributed by atoms with Gasteiger partial charge in [-0.05, 0) is 51.2 Å². The molecular formula is C25H39IN4O3. The molecule has 0 fully saturated rings. The van der Waals surface area contributed by atoms with Crippen LogP contribution in [0.3, 0.4) is 0 Å². The smallest absolute Gasteiger partial charge is 0.191 e. The van der Waals surface area contributed by atoms with Crippen molar-refractivity contribution in [2.45, 2.75) is 26.4 Å². The third kappa shape index (κ3) is 12.1. The van der Waals surface area contributed by atoms with E-state index >= 15 is 0 Å². The Labute approximate surface area is 215 Å². The summed E-state index contributed by atoms with van der Waals surface area (Å²) < 4.78 is 16.7. The maximum absolute atomic E-state index is 5.99. The Morgan fingerprint density at radius 2 is 1.76 bits per heavy atom. The van der Waals surface area contributed by atoms with Gasteiger partial charge in [0.15, 0.2) is 5.96 Å². The number of methoxy groups -OCH3 is 1. The number of ether oxygens (including phenoxy) is 3. The number of nitrogens with zero attached hydrogens (tertiary/aromatic N) is 2. The number of guanidine groups is 1. The minimum absolute atomic E-state index is 0. The summed E-state index contributed by atoms with van der Waals surface area (Å²) in [6, 6.07) is 16.1. The lowest BCUT2D eigenvalue weighted by molar-refractivity contribution is 0.145. The zero-order chi connectivity index (χ0) is 23.0. The highest BCUT2D eigenvalue weighted by atomic mass is 127. The highest BCUT2D eigenvalue weighted by Gasteiger charge is 2.06. The summed E-state index contributed by atoms with van der Waals surface area (Å²) in [7, 11) is 5.75. The fraction of sp³-hybridized carbons (Fsp3) is 0.480. The Bertz CT molecular complexity index is 800. The summed E-state index contributed by atoms with van der Waals surface area (Å²) in [4.78, 5) is 6.87. The standard InChI is InChI=1S/C25H38N4O3.HI/c1-5-31-17-8-15-26-25(27-19-21-11-13-23(30-4)14-12-21)28-20-22-9-6-7-10-24(22)32-18-16-29(2)3;/h6-7,9-14H,5,8,15-20H2,1-4H3,(H2,26,27,28);1H. The Kier molecular flexibility index (Phi) is 15.3. The summed E-state index contributed by atoms with van der Waals surface area (Å²) in [6.45, 7) is 6.99. The Hall–Kier alpha value is -2.04. The van der Waals surface area contributed by atoms with Gasteiger partial charge < -0.3 is 29.7 Å². The van der Waals surface area contributed by atoms with E-state index in [4.69, 9.17) is 19.2 Å². The van der Waals surface area contributed by atoms with Crippen molar-refractivity contribution in [1.82, 2.24) is 15.5 Å². The number of benzene rings is 2. The number of nitrogens with one attached hydrogen (secondary N) is 2. The molecule has 0 atom stereocenters. The molecule has 184 valence electrons. The van der Waals surface area contributed by atoms with E-state index in [1.165, 1.54) is 0 Å². The van der Waals surface area contributed by atoms with Crippen LogP contribution in [0, 0.1) is 0 Å². The summed E-state index contributed by atoms with van der Waals surface area (Å²) in [5.74, 6) is 2.50. The summed E-state index contributed by atoms with van der Waals surface area (Å²) in [5.41, 5.74) is 2.22. The van der Waals surface area contributed by atoms with Crippen molar-refractivity contribution in [3.8, 4) is 11.5 Å². The number of para-hydroxylation sites is 1. The van der Waals surface area contributed by atoms with Gasteiger partial charge in [0.05, 0.1) is 13.7 Å². The van der Waals surface area contributed by atoms with Gasteiger partial charge in [-0.3, -0.25) is 0 Å². The molecular weight excluding hydrogens is 531 g/mol. The van der Waals surface area contributed by atoms with Crippen LogP contribution in [-0.2, 0) is 17.8 Å². The summed E-state index contributed by atoms with van der Waals surface area (Å²) in [5, 5.41) is 6.85. The minimum Gasteiger partial charge on any atom is -0.497 e. The molecule has 33 heavy (non-hydrogen) atoms. The predicted molar refractivity (Wildman–Crippen MR) is 146 cm³/mol. The topological polar surface area (TPSA) is 67.3 Å². The van der Waals surface area contributed by atoms with Gasteiger partial charge in [0, 0.05) is 38.4 Å². The Balaban J connectivity index is 0.00000544. The number of likely N-dealkylation sites (N-methyl/N-ethyl adjacent to an activating group) is 1. The second-order valence-corrected chi connectivity index (χ2v) is 7.60. The number of hydrogen-bond acceptors (Lipinski definition) is 5. The summed E-state index contributed by atoms with van der Waals surface area (Å²) in [6.07, 6.45) is 0.918. The van der Waals surface area contributed by atoms with E-state index in [1.807, 2.05) is 63.5 Å². The second-order valence-electron chi connectivity index (χ2n) is 7.60. The molecule has 0 amide bonds. The van der Waals surface area contributed by atoms with E-state index in [0.29, 0.717) is 19.7 Å². The first-order valence-corrected chi connectivity index (χ1v) is 11.2. The van der Waals surface area contributed by atoms with Crippen LogP contribution >= 0.6 is 24.0 Å². The van der Waals surface area contributed by atoms with E-state index in [1.54, 1.807) is 7.11 Å². The molecule has 0 aliphatic heterocycles. The van der Waals surface area contributed by atoms with Crippen molar-refractivity contribution in [3.05, 3.63) is 59.7 Å². The van der Waals surface area contributed by atoms with Crippen LogP contribution in [0.25, 0.3) is 0 Å². The number of aliphatic imine (C=N–C) groups is 1. The van der Waals surface area contributed by atoms with Crippen LogP contribution in [0.5, 0.6) is 11.5 Å². The van der Waals surface area contributed by atoms with Crippen molar-refractivity contribution in [2.75, 3.05) is 54.1 Å². The molecule has 0 spiro atoms. The van der Waals surface area contributed by atoms with Gasteiger partial charge in [-0.2, -0.15) is 0 Å². The van der Waals surface area contributed by atoms with Crippen LogP contribution in [0.1, 0.15) is 24.5 Å². The van der Waals surface area contributed by atoms with Crippen molar-refractivity contribution < 1.29 is 14.2 Å². The molecule has 2 rings (SSSR count). The number of rotatable bonds is 14. The largest absolute Gasteiger partial charge is 0.497 e. The van der Waals surface area contributed by atoms with E-state index < -0.39 is 0 Å². The molecule has 2 N–H and O–H groups in total. The van der Waals surface area contributed by atoms with Gasteiger partial charge >= 0.3 is 0 Å². The van der Waals surface area contributed by atoms with E-state index in [0.717, 1.165) is 61.3 Å². The second kappa shape index (κ2) is 17.4. The molecule has 0 aliphatic rings. The molecule has 0 unspecified atom stereocenters. The van der Waals surface area contributed by atoms with Gasteiger partial charge in [-0.15, -0.1) is 24.0 Å². The molecule has 8 heteroatoms. The molecule has 0 bridgehead atoms. The van der Waals surface area contributed by atoms with Crippen molar-refractivity contribution in [3.63, 3.8) is 0 Å². The zero-order valence-corrected chi connectivity index (χ0v) is 22.6. The minimum atomic E-state index is 0. The third-order valence-electron chi connectivity index (χ3n) is 4.76. The van der Waals surface area contributed by atoms with E-state index in [-0.39, 0.29) is 24.0 Å². The van der Waals surface area contributed by atoms with Gasteiger partial charge in [-0.25, -0.2) is 4.99 Å². The van der Waals surface area contributed by atoms with E-state index in [9.17, 15) is 0 Å². The highest BCUT2D eigenvalue weighted by Crippen LogP contribution is 2.17. The average Bonchev–Trinajstić information content (AvgIpc) is 2.81. The van der Waals surface area contributed by atoms with E-state index in [2.05, 4.69) is 21.6 Å². The van der Waals surface area contributed by atoms with Crippen molar-refractivity contribution in [2.24, 2.45) is 4.99 Å².